The minimum absolute atomic E-state index is 0.0216. The average molecular weight is 540 g/mol. The number of sulfonamides is 1. The summed E-state index contributed by atoms with van der Waals surface area (Å²) in [6.07, 6.45) is 2.11. The summed E-state index contributed by atoms with van der Waals surface area (Å²) >= 11 is 6.19. The van der Waals surface area contributed by atoms with Crippen LogP contribution in [-0.2, 0) is 26.2 Å². The first kappa shape index (κ1) is 29.6. The Bertz CT molecular complexity index is 1160. The second-order valence-corrected chi connectivity index (χ2v) is 11.3. The second-order valence-electron chi connectivity index (χ2n) is 8.96. The van der Waals surface area contributed by atoms with Crippen LogP contribution in [0, 0.1) is 12.7 Å². The number of hydrogen-bond donors (Lipinski definition) is 1. The molecule has 2 amide bonds. The summed E-state index contributed by atoms with van der Waals surface area (Å²) in [5, 5.41) is 3.34. The van der Waals surface area contributed by atoms with Gasteiger partial charge >= 0.3 is 0 Å². The summed E-state index contributed by atoms with van der Waals surface area (Å²) in [7, 11) is -3.62. The van der Waals surface area contributed by atoms with Gasteiger partial charge in [0.1, 0.15) is 11.9 Å². The number of hydrogen-bond acceptors (Lipinski definition) is 4. The van der Waals surface area contributed by atoms with Crippen LogP contribution in [-0.4, -0.2) is 50.0 Å². The molecule has 1 N–H and O–H groups in total. The van der Waals surface area contributed by atoms with Gasteiger partial charge in [-0.3, -0.25) is 13.9 Å². The second kappa shape index (κ2) is 13.1. The summed E-state index contributed by atoms with van der Waals surface area (Å²) in [5.41, 5.74) is 1.77. The zero-order valence-corrected chi connectivity index (χ0v) is 23.0. The third-order valence-corrected chi connectivity index (χ3v) is 7.68. The first-order chi connectivity index (χ1) is 16.8. The lowest BCUT2D eigenvalue weighted by atomic mass is 10.1. The van der Waals surface area contributed by atoms with Crippen LogP contribution < -0.4 is 9.62 Å². The van der Waals surface area contributed by atoms with Gasteiger partial charge in [-0.2, -0.15) is 0 Å². The van der Waals surface area contributed by atoms with Crippen molar-refractivity contribution in [2.24, 2.45) is 0 Å². The largest absolute Gasteiger partial charge is 0.352 e. The highest BCUT2D eigenvalue weighted by Gasteiger charge is 2.27. The molecule has 0 unspecified atom stereocenters. The standard InChI is InChI=1S/C26H35ClFN3O4S/c1-6-18(2)29-26(33)20(4)30(17-21-12-14-22(28)15-13-21)25(32)11-8-16-31(36(5,34)35)24-10-7-9-23(27)19(24)3/h7,9-10,12-15,18,20H,6,8,11,16-17H2,1-5H3,(H,29,33)/t18-,20-/m0/s1. The highest BCUT2D eigenvalue weighted by Crippen LogP contribution is 2.28. The van der Waals surface area contributed by atoms with E-state index in [4.69, 9.17) is 11.6 Å². The molecule has 0 aliphatic heterocycles. The van der Waals surface area contributed by atoms with Crippen molar-refractivity contribution in [1.82, 2.24) is 10.2 Å². The highest BCUT2D eigenvalue weighted by molar-refractivity contribution is 7.92. The van der Waals surface area contributed by atoms with E-state index in [9.17, 15) is 22.4 Å². The maximum absolute atomic E-state index is 13.4. The van der Waals surface area contributed by atoms with Crippen molar-refractivity contribution in [2.45, 2.75) is 65.6 Å². The molecule has 2 aromatic rings. The third-order valence-electron chi connectivity index (χ3n) is 6.09. The number of halogens is 2. The lowest BCUT2D eigenvalue weighted by Gasteiger charge is -2.30. The molecular formula is C26H35ClFN3O4S. The molecule has 2 aromatic carbocycles. The number of amides is 2. The van der Waals surface area contributed by atoms with E-state index in [0.29, 0.717) is 21.8 Å². The lowest BCUT2D eigenvalue weighted by Crippen LogP contribution is -2.49. The number of benzene rings is 2. The molecule has 0 saturated carbocycles. The van der Waals surface area contributed by atoms with Gasteiger partial charge in [0.15, 0.2) is 0 Å². The lowest BCUT2D eigenvalue weighted by molar-refractivity contribution is -0.140. The summed E-state index contributed by atoms with van der Waals surface area (Å²) in [6, 6.07) is 9.97. The first-order valence-electron chi connectivity index (χ1n) is 11.9. The van der Waals surface area contributed by atoms with Crippen molar-refractivity contribution in [3.05, 3.63) is 64.4 Å². The molecule has 0 heterocycles. The Balaban J connectivity index is 2.20. The molecule has 0 fully saturated rings. The van der Waals surface area contributed by atoms with E-state index >= 15 is 0 Å². The number of carbonyl (C=O) groups is 2. The molecule has 0 spiro atoms. The predicted molar refractivity (Wildman–Crippen MR) is 142 cm³/mol. The molecule has 198 valence electrons. The van der Waals surface area contributed by atoms with Gasteiger partial charge in [-0.05, 0) is 69.0 Å². The number of rotatable bonds is 12. The first-order valence-corrected chi connectivity index (χ1v) is 14.1. The van der Waals surface area contributed by atoms with E-state index in [2.05, 4.69) is 5.32 Å². The fourth-order valence-electron chi connectivity index (χ4n) is 3.68. The van der Waals surface area contributed by atoms with Gasteiger partial charge in [0.25, 0.3) is 0 Å². The van der Waals surface area contributed by atoms with Crippen LogP contribution >= 0.6 is 11.6 Å². The summed E-state index contributed by atoms with van der Waals surface area (Å²) in [5.74, 6) is -0.981. The smallest absolute Gasteiger partial charge is 0.242 e. The number of nitrogens with one attached hydrogen (secondary N) is 1. The normalized spacial score (nSPS) is 13.1. The van der Waals surface area contributed by atoms with Gasteiger partial charge in [0, 0.05) is 30.6 Å². The minimum atomic E-state index is -3.62. The maximum atomic E-state index is 13.4. The van der Waals surface area contributed by atoms with Gasteiger partial charge in [0.2, 0.25) is 21.8 Å². The molecule has 0 aliphatic rings. The van der Waals surface area contributed by atoms with Crippen LogP contribution in [0.1, 0.15) is 51.2 Å². The summed E-state index contributed by atoms with van der Waals surface area (Å²) < 4.78 is 39.6. The van der Waals surface area contributed by atoms with Crippen LogP contribution in [0.3, 0.4) is 0 Å². The minimum Gasteiger partial charge on any atom is -0.352 e. The zero-order chi connectivity index (χ0) is 27.0. The van der Waals surface area contributed by atoms with Crippen LogP contribution in [0.4, 0.5) is 10.1 Å². The van der Waals surface area contributed by atoms with Crippen molar-refractivity contribution in [1.29, 1.82) is 0 Å². The molecular weight excluding hydrogens is 505 g/mol. The molecule has 0 radical (unpaired) electrons. The Labute approximate surface area is 218 Å². The number of carbonyl (C=O) groups excluding carboxylic acids is 2. The zero-order valence-electron chi connectivity index (χ0n) is 21.4. The van der Waals surface area contributed by atoms with Crippen LogP contribution in [0.25, 0.3) is 0 Å². The number of anilines is 1. The molecule has 7 nitrogen and oxygen atoms in total. The van der Waals surface area contributed by atoms with Crippen LogP contribution in [0.5, 0.6) is 0 Å². The highest BCUT2D eigenvalue weighted by atomic mass is 35.5. The van der Waals surface area contributed by atoms with Crippen molar-refractivity contribution in [2.75, 3.05) is 17.1 Å². The molecule has 2 atom stereocenters. The molecule has 36 heavy (non-hydrogen) atoms. The predicted octanol–water partition coefficient (Wildman–Crippen LogP) is 4.67. The van der Waals surface area contributed by atoms with Crippen LogP contribution in [0.2, 0.25) is 5.02 Å². The molecule has 0 saturated heterocycles. The molecule has 0 aromatic heterocycles. The molecule has 0 aliphatic carbocycles. The molecule has 0 bridgehead atoms. The third kappa shape index (κ3) is 8.20. The fraction of sp³-hybridized carbons (Fsp3) is 0.462. The quantitative estimate of drug-likeness (QED) is 0.425. The Morgan fingerprint density at radius 3 is 2.33 bits per heavy atom. The van der Waals surface area contributed by atoms with E-state index in [1.807, 2.05) is 13.8 Å². The van der Waals surface area contributed by atoms with E-state index in [0.717, 1.165) is 12.7 Å². The van der Waals surface area contributed by atoms with E-state index in [-0.39, 0.29) is 43.8 Å². The Morgan fingerprint density at radius 2 is 1.75 bits per heavy atom. The maximum Gasteiger partial charge on any atom is 0.242 e. The van der Waals surface area contributed by atoms with E-state index in [1.165, 1.54) is 21.3 Å². The van der Waals surface area contributed by atoms with Crippen molar-refractivity contribution >= 4 is 39.1 Å². The number of nitrogens with zero attached hydrogens (tertiary/aromatic N) is 2. The van der Waals surface area contributed by atoms with Crippen molar-refractivity contribution < 1.29 is 22.4 Å². The van der Waals surface area contributed by atoms with Gasteiger partial charge in [-0.25, -0.2) is 12.8 Å². The van der Waals surface area contributed by atoms with Gasteiger partial charge in [-0.1, -0.05) is 36.7 Å². The SMILES string of the molecule is CC[C@H](C)NC(=O)[C@H](C)N(Cc1ccc(F)cc1)C(=O)CCCN(c1cccc(Cl)c1C)S(C)(=O)=O. The fourth-order valence-corrected chi connectivity index (χ4v) is 4.87. The molecule has 10 heteroatoms. The van der Waals surface area contributed by atoms with Crippen LogP contribution in [0.15, 0.2) is 42.5 Å². The van der Waals surface area contributed by atoms with E-state index < -0.39 is 21.9 Å². The monoisotopic (exact) mass is 539 g/mol. The Hall–Kier alpha value is -2.65. The van der Waals surface area contributed by atoms with Crippen molar-refractivity contribution in [3.63, 3.8) is 0 Å². The Morgan fingerprint density at radius 1 is 1.11 bits per heavy atom. The van der Waals surface area contributed by atoms with Crippen molar-refractivity contribution in [3.8, 4) is 0 Å². The van der Waals surface area contributed by atoms with E-state index in [1.54, 1.807) is 44.2 Å². The van der Waals surface area contributed by atoms with Gasteiger partial charge in [-0.15, -0.1) is 0 Å². The topological polar surface area (TPSA) is 86.8 Å². The summed E-state index contributed by atoms with van der Waals surface area (Å²) in [6.45, 7) is 7.42. The summed E-state index contributed by atoms with van der Waals surface area (Å²) in [4.78, 5) is 27.5. The molecule has 2 rings (SSSR count). The van der Waals surface area contributed by atoms with Gasteiger partial charge in [0.05, 0.1) is 11.9 Å². The average Bonchev–Trinajstić information content (AvgIpc) is 2.82. The van der Waals surface area contributed by atoms with Gasteiger partial charge < -0.3 is 10.2 Å². The Kier molecular flexibility index (Phi) is 10.7.